The second-order valence-electron chi connectivity index (χ2n) is 9.21. The van der Waals surface area contributed by atoms with Crippen LogP contribution in [-0.4, -0.2) is 52.8 Å². The fourth-order valence-corrected chi connectivity index (χ4v) is 5.07. The van der Waals surface area contributed by atoms with E-state index in [2.05, 4.69) is 41.4 Å². The summed E-state index contributed by atoms with van der Waals surface area (Å²) in [5, 5.41) is 13.1. The minimum Gasteiger partial charge on any atom is -0.363 e. The van der Waals surface area contributed by atoms with E-state index in [9.17, 15) is 10.1 Å². The molecule has 35 heavy (non-hydrogen) atoms. The van der Waals surface area contributed by atoms with Gasteiger partial charge in [-0.2, -0.15) is 5.26 Å². The number of carbonyl (C=O) groups excluding carboxylic acids is 1. The molecule has 2 aromatic rings. The van der Waals surface area contributed by atoms with E-state index in [1.165, 1.54) is 5.57 Å². The van der Waals surface area contributed by atoms with E-state index in [0.717, 1.165) is 59.2 Å². The molecule has 8 nitrogen and oxygen atoms in total. The molecule has 8 heteroatoms. The van der Waals surface area contributed by atoms with Crippen molar-refractivity contribution in [3.8, 4) is 6.07 Å². The molecule has 0 aliphatic carbocycles. The number of aliphatic imine (C=N–C) groups is 1. The summed E-state index contributed by atoms with van der Waals surface area (Å²) in [5.74, 6) is 3.39. The Morgan fingerprint density at radius 3 is 2.77 bits per heavy atom. The molecule has 0 unspecified atom stereocenters. The molecular formula is C27H29N7O. The van der Waals surface area contributed by atoms with Gasteiger partial charge in [0.1, 0.15) is 23.3 Å². The number of nitrogens with zero attached hydrogens (tertiary/aromatic N) is 6. The highest BCUT2D eigenvalue weighted by Crippen LogP contribution is 2.39. The standard InChI is InChI=1S/C27H29N7O/c1-16-21(15-28)6-5-7-22(16)17(2)30-25-24-14-23(20-8-11-33(12-9-20)19(4)35)26-29-10-13-34(26)27(24)32-18(3)31-25/h5-8,14,17H,9-13H2,1-4H3,(H,30,31,32)/t17-/m1/s1. The normalized spacial score (nSPS) is 17.5. The zero-order chi connectivity index (χ0) is 24.7. The number of carbonyl (C=O) groups is 1. The van der Waals surface area contributed by atoms with Crippen molar-refractivity contribution in [3.05, 3.63) is 63.5 Å². The van der Waals surface area contributed by atoms with Crippen LogP contribution in [0.15, 0.2) is 40.4 Å². The first-order valence-electron chi connectivity index (χ1n) is 12.0. The molecule has 178 valence electrons. The largest absolute Gasteiger partial charge is 0.363 e. The Bertz CT molecular complexity index is 1350. The molecule has 1 atom stereocenters. The Morgan fingerprint density at radius 1 is 1.23 bits per heavy atom. The Hall–Kier alpha value is -3.99. The van der Waals surface area contributed by atoms with Gasteiger partial charge in [-0.25, -0.2) is 9.97 Å². The third kappa shape index (κ3) is 4.08. The molecule has 0 saturated heterocycles. The fourth-order valence-electron chi connectivity index (χ4n) is 5.07. The van der Waals surface area contributed by atoms with Gasteiger partial charge in [-0.05, 0) is 56.0 Å². The summed E-state index contributed by atoms with van der Waals surface area (Å²) >= 11 is 0. The van der Waals surface area contributed by atoms with Crippen molar-refractivity contribution in [3.63, 3.8) is 0 Å². The van der Waals surface area contributed by atoms with Crippen molar-refractivity contribution >= 4 is 29.5 Å². The van der Waals surface area contributed by atoms with Crippen LogP contribution in [0.1, 0.15) is 54.4 Å². The van der Waals surface area contributed by atoms with Gasteiger partial charge >= 0.3 is 0 Å². The van der Waals surface area contributed by atoms with Crippen molar-refractivity contribution in [2.45, 2.75) is 40.2 Å². The van der Waals surface area contributed by atoms with Gasteiger partial charge in [-0.3, -0.25) is 9.79 Å². The van der Waals surface area contributed by atoms with Gasteiger partial charge in [0, 0.05) is 32.1 Å². The quantitative estimate of drug-likeness (QED) is 0.732. The minimum atomic E-state index is -0.0507. The maximum absolute atomic E-state index is 11.8. The van der Waals surface area contributed by atoms with Gasteiger partial charge in [0.2, 0.25) is 5.91 Å². The Balaban J connectivity index is 1.55. The molecule has 1 amide bonds. The lowest BCUT2D eigenvalue weighted by atomic mass is 9.93. The molecule has 0 bridgehead atoms. The average Bonchev–Trinajstić information content (AvgIpc) is 3.34. The molecule has 1 N–H and O–H groups in total. The van der Waals surface area contributed by atoms with Gasteiger partial charge in [-0.15, -0.1) is 0 Å². The summed E-state index contributed by atoms with van der Waals surface area (Å²) in [7, 11) is 0. The number of nitriles is 1. The molecule has 1 aromatic carbocycles. The van der Waals surface area contributed by atoms with Gasteiger partial charge in [-0.1, -0.05) is 18.2 Å². The van der Waals surface area contributed by atoms with E-state index in [4.69, 9.17) is 15.0 Å². The number of fused-ring (bicyclic) bond motifs is 3. The summed E-state index contributed by atoms with van der Waals surface area (Å²) in [6, 6.07) is 8.04. The van der Waals surface area contributed by atoms with Gasteiger partial charge in [0.25, 0.3) is 0 Å². The lowest BCUT2D eigenvalue weighted by molar-refractivity contribution is -0.128. The van der Waals surface area contributed by atoms with Crippen LogP contribution in [0.5, 0.6) is 0 Å². The number of rotatable bonds is 4. The van der Waals surface area contributed by atoms with Crippen molar-refractivity contribution in [2.75, 3.05) is 36.4 Å². The highest BCUT2D eigenvalue weighted by atomic mass is 16.2. The van der Waals surface area contributed by atoms with Crippen LogP contribution in [0.25, 0.3) is 6.08 Å². The van der Waals surface area contributed by atoms with Crippen LogP contribution in [0.3, 0.4) is 0 Å². The van der Waals surface area contributed by atoms with E-state index < -0.39 is 0 Å². The molecule has 4 heterocycles. The Labute approximate surface area is 205 Å². The van der Waals surface area contributed by atoms with E-state index in [1.807, 2.05) is 30.9 Å². The summed E-state index contributed by atoms with van der Waals surface area (Å²) in [5.41, 5.74) is 5.96. The predicted octanol–water partition coefficient (Wildman–Crippen LogP) is 3.93. The van der Waals surface area contributed by atoms with Crippen molar-refractivity contribution in [1.82, 2.24) is 14.9 Å². The highest BCUT2D eigenvalue weighted by molar-refractivity contribution is 6.19. The lowest BCUT2D eigenvalue weighted by Crippen LogP contribution is -2.37. The first kappa shape index (κ1) is 22.8. The number of aryl methyl sites for hydroxylation is 1. The number of hydrogen-bond donors (Lipinski definition) is 1. The maximum atomic E-state index is 11.8. The smallest absolute Gasteiger partial charge is 0.219 e. The zero-order valence-corrected chi connectivity index (χ0v) is 20.6. The predicted molar refractivity (Wildman–Crippen MR) is 137 cm³/mol. The number of nitrogens with one attached hydrogen (secondary N) is 1. The number of amides is 1. The van der Waals surface area contributed by atoms with E-state index in [-0.39, 0.29) is 11.9 Å². The molecular weight excluding hydrogens is 438 g/mol. The topological polar surface area (TPSA) is 97.5 Å². The van der Waals surface area contributed by atoms with Crippen LogP contribution < -0.4 is 10.2 Å². The molecule has 5 rings (SSSR count). The van der Waals surface area contributed by atoms with E-state index in [1.54, 1.807) is 6.92 Å². The van der Waals surface area contributed by atoms with Gasteiger partial charge < -0.3 is 15.1 Å². The molecule has 0 fully saturated rings. The Morgan fingerprint density at radius 2 is 2.06 bits per heavy atom. The first-order valence-corrected chi connectivity index (χ1v) is 12.0. The van der Waals surface area contributed by atoms with Gasteiger partial charge in [0.05, 0.1) is 29.8 Å². The molecule has 3 aliphatic heterocycles. The first-order chi connectivity index (χ1) is 16.9. The summed E-state index contributed by atoms with van der Waals surface area (Å²) in [4.78, 5) is 30.2. The van der Waals surface area contributed by atoms with Crippen LogP contribution in [0.4, 0.5) is 11.6 Å². The summed E-state index contributed by atoms with van der Waals surface area (Å²) in [6.07, 6.45) is 5.08. The third-order valence-corrected chi connectivity index (χ3v) is 6.98. The number of aromatic nitrogens is 2. The lowest BCUT2D eigenvalue weighted by Gasteiger charge is -2.32. The number of benzene rings is 1. The van der Waals surface area contributed by atoms with Crippen LogP contribution in [-0.2, 0) is 4.79 Å². The molecule has 3 aliphatic rings. The minimum absolute atomic E-state index is 0.0507. The number of hydrogen-bond acceptors (Lipinski definition) is 7. The SMILES string of the molecule is CC(=O)N1CC=C(C2=Cc3c(N[C@H](C)c4cccc(C#N)c4C)nc(C)nc3N3CCN=C23)CC1. The second-order valence-corrected chi connectivity index (χ2v) is 9.21. The monoisotopic (exact) mass is 467 g/mol. The summed E-state index contributed by atoms with van der Waals surface area (Å²) in [6.45, 7) is 10.4. The van der Waals surface area contributed by atoms with E-state index >= 15 is 0 Å². The number of anilines is 2. The second kappa shape index (κ2) is 8.99. The molecule has 0 spiro atoms. The van der Waals surface area contributed by atoms with Crippen LogP contribution in [0, 0.1) is 25.2 Å². The third-order valence-electron chi connectivity index (χ3n) is 6.98. The summed E-state index contributed by atoms with van der Waals surface area (Å²) < 4.78 is 0. The average molecular weight is 468 g/mol. The molecule has 1 aromatic heterocycles. The highest BCUT2D eigenvalue weighted by Gasteiger charge is 2.33. The van der Waals surface area contributed by atoms with Gasteiger partial charge in [0.15, 0.2) is 0 Å². The fraction of sp³-hybridized carbons (Fsp3) is 0.370. The maximum Gasteiger partial charge on any atom is 0.219 e. The van der Waals surface area contributed by atoms with Crippen molar-refractivity contribution < 1.29 is 4.79 Å². The van der Waals surface area contributed by atoms with Crippen LogP contribution in [0.2, 0.25) is 0 Å². The zero-order valence-electron chi connectivity index (χ0n) is 20.6. The van der Waals surface area contributed by atoms with Crippen molar-refractivity contribution in [2.24, 2.45) is 4.99 Å². The molecule has 0 radical (unpaired) electrons. The van der Waals surface area contributed by atoms with E-state index in [0.29, 0.717) is 24.5 Å². The van der Waals surface area contributed by atoms with Crippen molar-refractivity contribution in [1.29, 1.82) is 5.26 Å². The Kier molecular flexibility index (Phi) is 5.85. The number of amidine groups is 1. The molecule has 0 saturated carbocycles. The van der Waals surface area contributed by atoms with Crippen LogP contribution >= 0.6 is 0 Å².